The lowest BCUT2D eigenvalue weighted by atomic mass is 9.47. The zero-order valence-corrected chi connectivity index (χ0v) is 17.4. The molecule has 1 heterocycles. The highest BCUT2D eigenvalue weighted by Crippen LogP contribution is 2.66. The number of halogens is 2. The molecule has 5 rings (SSSR count). The average Bonchev–Trinajstić information content (AvgIpc) is 3.00. The Morgan fingerprint density at radius 1 is 1.23 bits per heavy atom. The van der Waals surface area contributed by atoms with Crippen LogP contribution in [0.5, 0.6) is 0 Å². The minimum Gasteiger partial charge on any atom is -0.469 e. The smallest absolute Gasteiger partial charge is 0.402 e. The van der Waals surface area contributed by atoms with E-state index < -0.39 is 69.0 Å². The third kappa shape index (κ3) is 3.50. The van der Waals surface area contributed by atoms with Crippen LogP contribution in [0.15, 0.2) is 0 Å². The second kappa shape index (κ2) is 7.07. The lowest BCUT2D eigenvalue weighted by Gasteiger charge is -2.61. The molecule has 1 N–H and O–H groups in total. The molecule has 5 aliphatic rings. The zero-order valence-electron chi connectivity index (χ0n) is 16.5. The molecule has 3 unspecified atom stereocenters. The topological polar surface area (TPSA) is 142 Å². The van der Waals surface area contributed by atoms with Crippen molar-refractivity contribution in [3.05, 3.63) is 0 Å². The summed E-state index contributed by atoms with van der Waals surface area (Å²) in [7, 11) is -4.54. The third-order valence-corrected chi connectivity index (χ3v) is 7.81. The van der Waals surface area contributed by atoms with Crippen molar-refractivity contribution in [1.82, 2.24) is 0 Å². The number of methoxy groups -OCH3 is 1. The first-order valence-electron chi connectivity index (χ1n) is 9.81. The van der Waals surface area contributed by atoms with Gasteiger partial charge in [0.15, 0.2) is 12.7 Å². The maximum atomic E-state index is 13.5. The van der Waals surface area contributed by atoms with E-state index in [2.05, 4.69) is 9.47 Å². The maximum Gasteiger partial charge on any atom is 0.402 e. The lowest BCUT2D eigenvalue weighted by molar-refractivity contribution is -0.303. The summed E-state index contributed by atoms with van der Waals surface area (Å²) in [5, 5.41) is -4.61. The molecule has 1 saturated heterocycles. The molecule has 10 nitrogen and oxygen atoms in total. The van der Waals surface area contributed by atoms with Crippen LogP contribution in [-0.2, 0) is 43.4 Å². The predicted octanol–water partition coefficient (Wildman–Crippen LogP) is 1.04. The van der Waals surface area contributed by atoms with Gasteiger partial charge in [0.2, 0.25) is 5.79 Å². The number of hydrogen-bond acceptors (Lipinski definition) is 9. The molecular formula is C18H22F2O10S. The Labute approximate surface area is 176 Å². The Bertz CT molecular complexity index is 900. The van der Waals surface area contributed by atoms with Gasteiger partial charge in [-0.15, -0.1) is 0 Å². The molecule has 1 aliphatic heterocycles. The second-order valence-corrected chi connectivity index (χ2v) is 10.4. The van der Waals surface area contributed by atoms with Crippen LogP contribution in [0, 0.1) is 23.2 Å². The second-order valence-electron chi connectivity index (χ2n) is 8.84. The van der Waals surface area contributed by atoms with Gasteiger partial charge in [-0.05, 0) is 38.0 Å². The first kappa shape index (κ1) is 22.3. The van der Waals surface area contributed by atoms with E-state index in [9.17, 15) is 31.6 Å². The summed E-state index contributed by atoms with van der Waals surface area (Å²) in [4.78, 5) is 36.6. The number of hydrogen-bond donors (Lipinski definition) is 1. The number of rotatable bonds is 6. The summed E-state index contributed by atoms with van der Waals surface area (Å²) in [6, 6.07) is 0. The van der Waals surface area contributed by atoms with Gasteiger partial charge in [-0.25, -0.2) is 4.79 Å². The van der Waals surface area contributed by atoms with Crippen molar-refractivity contribution in [1.29, 1.82) is 0 Å². The summed E-state index contributed by atoms with van der Waals surface area (Å²) in [5.41, 5.74) is -1.13. The molecule has 4 aliphatic carbocycles. The van der Waals surface area contributed by atoms with Gasteiger partial charge in [0, 0.05) is 11.8 Å². The summed E-state index contributed by atoms with van der Waals surface area (Å²) >= 11 is 0. The third-order valence-electron chi connectivity index (χ3n) is 6.94. The molecule has 3 atom stereocenters. The number of carbonyl (C=O) groups is 3. The SMILES string of the molecule is COC(=O)CC1OC2(OC1=O)C1CC3CC2CC(C(=O)OCC(F)(F)S(=O)(=O)O)(C3)C1. The van der Waals surface area contributed by atoms with E-state index in [-0.39, 0.29) is 25.2 Å². The Morgan fingerprint density at radius 3 is 2.39 bits per heavy atom. The van der Waals surface area contributed by atoms with Crippen molar-refractivity contribution in [2.75, 3.05) is 13.7 Å². The first-order valence-corrected chi connectivity index (χ1v) is 11.3. The molecule has 5 fully saturated rings. The molecule has 0 aromatic rings. The van der Waals surface area contributed by atoms with Crippen LogP contribution in [0.2, 0.25) is 0 Å². The van der Waals surface area contributed by atoms with Gasteiger partial charge in [0.25, 0.3) is 0 Å². The molecule has 174 valence electrons. The van der Waals surface area contributed by atoms with E-state index >= 15 is 0 Å². The number of carbonyl (C=O) groups excluding carboxylic acids is 3. The zero-order chi connectivity index (χ0) is 22.8. The summed E-state index contributed by atoms with van der Waals surface area (Å²) < 4.78 is 77.9. The van der Waals surface area contributed by atoms with E-state index in [1.165, 1.54) is 7.11 Å². The number of esters is 3. The van der Waals surface area contributed by atoms with Crippen molar-refractivity contribution in [3.8, 4) is 0 Å². The van der Waals surface area contributed by atoms with Crippen molar-refractivity contribution in [2.24, 2.45) is 23.2 Å². The molecule has 31 heavy (non-hydrogen) atoms. The van der Waals surface area contributed by atoms with Gasteiger partial charge < -0.3 is 18.9 Å². The van der Waals surface area contributed by atoms with E-state index in [1.807, 2.05) is 0 Å². The minimum absolute atomic E-state index is 0.0553. The lowest BCUT2D eigenvalue weighted by Crippen LogP contribution is -2.64. The summed E-state index contributed by atoms with van der Waals surface area (Å²) in [6.07, 6.45) is 0.421. The van der Waals surface area contributed by atoms with Crippen LogP contribution in [0.25, 0.3) is 0 Å². The van der Waals surface area contributed by atoms with Crippen LogP contribution < -0.4 is 0 Å². The maximum absolute atomic E-state index is 13.5. The van der Waals surface area contributed by atoms with E-state index in [1.54, 1.807) is 0 Å². The number of alkyl halides is 2. The number of ether oxygens (including phenoxy) is 4. The van der Waals surface area contributed by atoms with Crippen LogP contribution in [0.4, 0.5) is 8.78 Å². The van der Waals surface area contributed by atoms with E-state index in [0.717, 1.165) is 0 Å². The summed E-state index contributed by atoms with van der Waals surface area (Å²) in [6.45, 7) is -1.79. The standard InChI is InChI=1S/C18H22F2O10S/c1-27-13(21)4-12-14(22)30-18(29-12)10-2-9-3-11(18)7-16(5-9,6-10)15(23)28-8-17(19,20)31(24,25)26/h9-12H,2-8H2,1H3,(H,24,25,26). The van der Waals surface area contributed by atoms with Crippen LogP contribution >= 0.6 is 0 Å². The van der Waals surface area contributed by atoms with Gasteiger partial charge in [-0.3, -0.25) is 14.1 Å². The molecule has 13 heteroatoms. The fourth-order valence-corrected chi connectivity index (χ4v) is 6.00. The molecule has 4 bridgehead atoms. The van der Waals surface area contributed by atoms with E-state index in [4.69, 9.17) is 14.0 Å². The van der Waals surface area contributed by atoms with Crippen molar-refractivity contribution in [3.63, 3.8) is 0 Å². The normalized spacial score (nSPS) is 38.9. The van der Waals surface area contributed by atoms with Crippen molar-refractivity contribution in [2.45, 2.75) is 55.7 Å². The van der Waals surface area contributed by atoms with Crippen molar-refractivity contribution >= 4 is 28.0 Å². The average molecular weight is 468 g/mol. The highest BCUT2D eigenvalue weighted by molar-refractivity contribution is 7.86. The van der Waals surface area contributed by atoms with Crippen LogP contribution in [-0.4, -0.2) is 61.7 Å². The largest absolute Gasteiger partial charge is 0.469 e. The van der Waals surface area contributed by atoms with E-state index in [0.29, 0.717) is 19.3 Å². The van der Waals surface area contributed by atoms with Gasteiger partial charge in [0.05, 0.1) is 18.9 Å². The highest BCUT2D eigenvalue weighted by atomic mass is 32.2. The molecule has 0 amide bonds. The monoisotopic (exact) mass is 468 g/mol. The molecule has 0 aromatic heterocycles. The van der Waals surface area contributed by atoms with Crippen LogP contribution in [0.3, 0.4) is 0 Å². The summed E-state index contributed by atoms with van der Waals surface area (Å²) in [5.74, 6) is -4.35. The quantitative estimate of drug-likeness (QED) is 0.341. The Balaban J connectivity index is 1.50. The Kier molecular flexibility index (Phi) is 5.10. The van der Waals surface area contributed by atoms with Gasteiger partial charge in [-0.2, -0.15) is 17.2 Å². The Hall–Kier alpha value is -1.86. The molecular weight excluding hydrogens is 446 g/mol. The molecule has 0 aromatic carbocycles. The van der Waals surface area contributed by atoms with Gasteiger partial charge in [-0.1, -0.05) is 0 Å². The van der Waals surface area contributed by atoms with Crippen LogP contribution in [0.1, 0.15) is 38.5 Å². The first-order chi connectivity index (χ1) is 14.3. The predicted molar refractivity (Wildman–Crippen MR) is 93.8 cm³/mol. The van der Waals surface area contributed by atoms with Crippen molar-refractivity contribution < 1.29 is 55.1 Å². The highest BCUT2D eigenvalue weighted by Gasteiger charge is 2.70. The fourth-order valence-electron chi connectivity index (χ4n) is 5.79. The fraction of sp³-hybridized carbons (Fsp3) is 0.833. The minimum atomic E-state index is -5.72. The molecule has 4 saturated carbocycles. The van der Waals surface area contributed by atoms with Gasteiger partial charge in [0.1, 0.15) is 0 Å². The van der Waals surface area contributed by atoms with Gasteiger partial charge >= 0.3 is 33.3 Å². The Morgan fingerprint density at radius 2 is 1.84 bits per heavy atom. The molecule has 1 spiro atoms. The molecule has 0 radical (unpaired) electrons.